The molecule has 1 aliphatic rings. The van der Waals surface area contributed by atoms with E-state index in [0.29, 0.717) is 38.2 Å². The maximum absolute atomic E-state index is 12.9. The van der Waals surface area contributed by atoms with Gasteiger partial charge in [-0.3, -0.25) is 14.0 Å². The van der Waals surface area contributed by atoms with Gasteiger partial charge in [-0.05, 0) is 18.2 Å². The van der Waals surface area contributed by atoms with Gasteiger partial charge in [0.1, 0.15) is 12.0 Å². The number of hydrogen-bond donors (Lipinski definition) is 0. The van der Waals surface area contributed by atoms with Crippen molar-refractivity contribution in [3.05, 3.63) is 65.7 Å². The van der Waals surface area contributed by atoms with Crippen LogP contribution < -0.4 is 4.74 Å². The largest absolute Gasteiger partial charge is 0.497 e. The van der Waals surface area contributed by atoms with Crippen LogP contribution in [0.2, 0.25) is 0 Å². The predicted molar refractivity (Wildman–Crippen MR) is 120 cm³/mol. The van der Waals surface area contributed by atoms with Gasteiger partial charge in [0.2, 0.25) is 5.91 Å². The third-order valence-corrected chi connectivity index (χ3v) is 6.56. The van der Waals surface area contributed by atoms with Crippen LogP contribution in [0.3, 0.4) is 0 Å². The lowest BCUT2D eigenvalue weighted by Gasteiger charge is -2.34. The van der Waals surface area contributed by atoms with Gasteiger partial charge in [-0.25, -0.2) is 4.98 Å². The lowest BCUT2D eigenvalue weighted by Crippen LogP contribution is -2.51. The first-order valence-electron chi connectivity index (χ1n) is 10.3. The predicted octanol–water partition coefficient (Wildman–Crippen LogP) is 3.19. The van der Waals surface area contributed by atoms with Gasteiger partial charge in [0.15, 0.2) is 4.96 Å². The smallest absolute Gasteiger partial charge is 0.257 e. The summed E-state index contributed by atoms with van der Waals surface area (Å²) in [7, 11) is 1.64. The van der Waals surface area contributed by atoms with Crippen LogP contribution in [0.4, 0.5) is 0 Å². The average Bonchev–Trinajstić information content (AvgIpc) is 3.58. The average molecular weight is 451 g/mol. The highest BCUT2D eigenvalue weighted by atomic mass is 32.1. The molecule has 8 nitrogen and oxygen atoms in total. The molecule has 4 heterocycles. The maximum atomic E-state index is 12.9. The van der Waals surface area contributed by atoms with Crippen LogP contribution >= 0.6 is 11.3 Å². The standard InChI is InChI=1S/C23H22N4O4S/c1-30-19-4-2-3-16(11-19)20-13-27-18(15-32-23(27)24-20)12-21(28)25-6-8-26(9-7-25)22(29)17-5-10-31-14-17/h2-5,10-11,13-15H,6-9,12H2,1H3. The Kier molecular flexibility index (Phi) is 5.40. The summed E-state index contributed by atoms with van der Waals surface area (Å²) < 4.78 is 12.3. The van der Waals surface area contributed by atoms with E-state index in [4.69, 9.17) is 14.1 Å². The third kappa shape index (κ3) is 3.87. The number of hydrogen-bond acceptors (Lipinski definition) is 6. The Morgan fingerprint density at radius 3 is 2.72 bits per heavy atom. The number of fused-ring (bicyclic) bond motifs is 1. The van der Waals surface area contributed by atoms with Gasteiger partial charge in [-0.2, -0.15) is 0 Å². The summed E-state index contributed by atoms with van der Waals surface area (Å²) in [5.74, 6) is 0.769. The molecule has 2 amide bonds. The quantitative estimate of drug-likeness (QED) is 0.467. The zero-order valence-electron chi connectivity index (χ0n) is 17.6. The van der Waals surface area contributed by atoms with E-state index >= 15 is 0 Å². The number of carbonyl (C=O) groups excluding carboxylic acids is 2. The molecule has 0 aliphatic carbocycles. The second kappa shape index (κ2) is 8.51. The fourth-order valence-corrected chi connectivity index (χ4v) is 4.75. The number of benzene rings is 1. The number of carbonyl (C=O) groups is 2. The van der Waals surface area contributed by atoms with Crippen molar-refractivity contribution in [1.29, 1.82) is 0 Å². The molecule has 1 aromatic carbocycles. The van der Waals surface area contributed by atoms with Gasteiger partial charge in [0.25, 0.3) is 5.91 Å². The normalized spacial score (nSPS) is 14.2. The molecule has 1 fully saturated rings. The Morgan fingerprint density at radius 1 is 1.16 bits per heavy atom. The van der Waals surface area contributed by atoms with Crippen LogP contribution in [0, 0.1) is 0 Å². The first-order valence-corrected chi connectivity index (χ1v) is 11.2. The van der Waals surface area contributed by atoms with Crippen molar-refractivity contribution in [3.63, 3.8) is 0 Å². The van der Waals surface area contributed by atoms with Gasteiger partial charge in [0.05, 0.1) is 31.1 Å². The topological polar surface area (TPSA) is 80.3 Å². The monoisotopic (exact) mass is 450 g/mol. The minimum atomic E-state index is -0.0612. The van der Waals surface area contributed by atoms with Crippen LogP contribution in [-0.2, 0) is 11.2 Å². The van der Waals surface area contributed by atoms with Crippen LogP contribution in [0.1, 0.15) is 16.1 Å². The van der Waals surface area contributed by atoms with Crippen molar-refractivity contribution >= 4 is 28.1 Å². The zero-order chi connectivity index (χ0) is 22.1. The number of nitrogens with zero attached hydrogens (tertiary/aromatic N) is 4. The fourth-order valence-electron chi connectivity index (χ4n) is 3.87. The molecule has 0 bridgehead atoms. The summed E-state index contributed by atoms with van der Waals surface area (Å²) in [5, 5.41) is 1.98. The molecular formula is C23H22N4O4S. The molecule has 1 saturated heterocycles. The lowest BCUT2D eigenvalue weighted by atomic mass is 10.1. The molecule has 0 radical (unpaired) electrons. The Hall–Kier alpha value is -3.59. The maximum Gasteiger partial charge on any atom is 0.257 e. The van der Waals surface area contributed by atoms with E-state index in [9.17, 15) is 9.59 Å². The summed E-state index contributed by atoms with van der Waals surface area (Å²) in [6.07, 6.45) is 5.20. The van der Waals surface area contributed by atoms with Crippen LogP contribution in [0.5, 0.6) is 5.75 Å². The Bertz CT molecular complexity index is 1250. The molecule has 9 heteroatoms. The molecule has 0 saturated carbocycles. The number of aromatic nitrogens is 2. The number of imidazole rings is 1. The van der Waals surface area contributed by atoms with Crippen molar-refractivity contribution in [1.82, 2.24) is 19.2 Å². The highest BCUT2D eigenvalue weighted by Gasteiger charge is 2.26. The van der Waals surface area contributed by atoms with Crippen molar-refractivity contribution < 1.29 is 18.7 Å². The van der Waals surface area contributed by atoms with Gasteiger partial charge in [-0.1, -0.05) is 12.1 Å². The van der Waals surface area contributed by atoms with E-state index in [1.165, 1.54) is 23.9 Å². The summed E-state index contributed by atoms with van der Waals surface area (Å²) in [6.45, 7) is 2.07. The van der Waals surface area contributed by atoms with E-state index in [-0.39, 0.29) is 11.8 Å². The molecule has 164 valence electrons. The highest BCUT2D eigenvalue weighted by Crippen LogP contribution is 2.26. The molecule has 0 spiro atoms. The van der Waals surface area contributed by atoms with Gasteiger partial charge in [-0.15, -0.1) is 11.3 Å². The van der Waals surface area contributed by atoms with E-state index in [1.807, 2.05) is 45.1 Å². The molecule has 0 unspecified atom stereocenters. The number of thiazole rings is 1. The number of furan rings is 1. The summed E-state index contributed by atoms with van der Waals surface area (Å²) in [6, 6.07) is 9.43. The minimum absolute atomic E-state index is 0.0525. The van der Waals surface area contributed by atoms with Crippen molar-refractivity contribution in [3.8, 4) is 17.0 Å². The van der Waals surface area contributed by atoms with Crippen molar-refractivity contribution in [2.45, 2.75) is 6.42 Å². The molecular weight excluding hydrogens is 428 g/mol. The molecule has 32 heavy (non-hydrogen) atoms. The summed E-state index contributed by atoms with van der Waals surface area (Å²) in [5.41, 5.74) is 3.26. The van der Waals surface area contributed by atoms with E-state index in [1.54, 1.807) is 18.1 Å². The number of methoxy groups -OCH3 is 1. The third-order valence-electron chi connectivity index (χ3n) is 5.67. The molecule has 5 rings (SSSR count). The Labute approximate surface area is 188 Å². The first-order chi connectivity index (χ1) is 15.6. The number of ether oxygens (including phenoxy) is 1. The summed E-state index contributed by atoms with van der Waals surface area (Å²) >= 11 is 1.52. The number of piperazine rings is 1. The van der Waals surface area contributed by atoms with Gasteiger partial charge < -0.3 is 19.0 Å². The van der Waals surface area contributed by atoms with Crippen molar-refractivity contribution in [2.24, 2.45) is 0 Å². The SMILES string of the molecule is COc1cccc(-c2cn3c(CC(=O)N4CCN(C(=O)c5ccoc5)CC4)csc3n2)c1. The number of amides is 2. The van der Waals surface area contributed by atoms with E-state index in [0.717, 1.165) is 27.7 Å². The summed E-state index contributed by atoms with van der Waals surface area (Å²) in [4.78, 5) is 34.5. The second-order valence-electron chi connectivity index (χ2n) is 7.60. The van der Waals surface area contributed by atoms with Crippen LogP contribution in [0.15, 0.2) is 58.9 Å². The van der Waals surface area contributed by atoms with Crippen LogP contribution in [0.25, 0.3) is 16.2 Å². The van der Waals surface area contributed by atoms with Gasteiger partial charge in [0, 0.05) is 49.0 Å². The first kappa shape index (κ1) is 20.3. The number of rotatable bonds is 5. The molecule has 4 aromatic rings. The second-order valence-corrected chi connectivity index (χ2v) is 8.44. The van der Waals surface area contributed by atoms with Gasteiger partial charge >= 0.3 is 0 Å². The molecule has 0 N–H and O–H groups in total. The fraction of sp³-hybridized carbons (Fsp3) is 0.261. The van der Waals surface area contributed by atoms with E-state index in [2.05, 4.69) is 0 Å². The molecule has 1 aliphatic heterocycles. The highest BCUT2D eigenvalue weighted by molar-refractivity contribution is 7.15. The Balaban J connectivity index is 1.25. The van der Waals surface area contributed by atoms with Crippen molar-refractivity contribution in [2.75, 3.05) is 33.3 Å². The van der Waals surface area contributed by atoms with Crippen LogP contribution in [-0.4, -0.2) is 64.3 Å². The lowest BCUT2D eigenvalue weighted by molar-refractivity contribution is -0.132. The van der Waals surface area contributed by atoms with E-state index < -0.39 is 0 Å². The molecule has 0 atom stereocenters. The minimum Gasteiger partial charge on any atom is -0.497 e. The Morgan fingerprint density at radius 2 is 1.97 bits per heavy atom. The zero-order valence-corrected chi connectivity index (χ0v) is 18.4. The molecule has 3 aromatic heterocycles.